The number of carboxylic acids is 1. The van der Waals surface area contributed by atoms with Crippen LogP contribution in [-0.4, -0.2) is 16.8 Å². The topological polar surface area (TPSA) is 37.3 Å². The molecule has 0 radical (unpaired) electrons. The number of carbonyl (C=O) groups is 1. The van der Waals surface area contributed by atoms with Gasteiger partial charge in [0, 0.05) is 17.1 Å². The van der Waals surface area contributed by atoms with Crippen molar-refractivity contribution in [1.29, 1.82) is 0 Å². The van der Waals surface area contributed by atoms with Gasteiger partial charge in [0.15, 0.2) is 0 Å². The van der Waals surface area contributed by atoms with Gasteiger partial charge in [-0.1, -0.05) is 12.1 Å². The maximum absolute atomic E-state index is 10.5. The Morgan fingerprint density at radius 2 is 2.40 bits per heavy atom. The average molecular weight is 222 g/mol. The lowest BCUT2D eigenvalue weighted by Crippen LogP contribution is -2.03. The van der Waals surface area contributed by atoms with Gasteiger partial charge in [0.05, 0.1) is 0 Å². The van der Waals surface area contributed by atoms with Gasteiger partial charge in [-0.3, -0.25) is 4.79 Å². The maximum atomic E-state index is 10.5. The summed E-state index contributed by atoms with van der Waals surface area (Å²) in [5, 5.41) is 8.68. The Morgan fingerprint density at radius 3 is 3.13 bits per heavy atom. The molecule has 1 atom stereocenters. The average Bonchev–Trinajstić information content (AvgIpc) is 2.59. The summed E-state index contributed by atoms with van der Waals surface area (Å²) in [7, 11) is 0. The molecule has 1 heterocycles. The molecule has 0 saturated carbocycles. The van der Waals surface area contributed by atoms with E-state index in [4.69, 9.17) is 5.11 Å². The van der Waals surface area contributed by atoms with Gasteiger partial charge in [-0.25, -0.2) is 0 Å². The highest BCUT2D eigenvalue weighted by Crippen LogP contribution is 2.43. The summed E-state index contributed by atoms with van der Waals surface area (Å²) in [6.45, 7) is 2.11. The highest BCUT2D eigenvalue weighted by Gasteiger charge is 2.24. The largest absolute Gasteiger partial charge is 0.481 e. The lowest BCUT2D eigenvalue weighted by atomic mass is 9.93. The van der Waals surface area contributed by atoms with Crippen LogP contribution < -0.4 is 0 Å². The molecule has 1 N–H and O–H groups in total. The number of hydrogen-bond donors (Lipinski definition) is 1. The number of benzene rings is 1. The molecule has 0 amide bonds. The van der Waals surface area contributed by atoms with Crippen LogP contribution in [0.1, 0.15) is 29.9 Å². The molecule has 1 unspecified atom stereocenters. The lowest BCUT2D eigenvalue weighted by Gasteiger charge is -2.11. The molecule has 0 aliphatic carbocycles. The molecule has 0 saturated heterocycles. The number of carboxylic acid groups (broad SMARTS) is 1. The van der Waals surface area contributed by atoms with E-state index < -0.39 is 5.97 Å². The molecular weight excluding hydrogens is 208 g/mol. The van der Waals surface area contributed by atoms with Crippen molar-refractivity contribution in [3.8, 4) is 0 Å². The number of hydrogen-bond acceptors (Lipinski definition) is 2. The summed E-state index contributed by atoms with van der Waals surface area (Å²) in [4.78, 5) is 11.9. The smallest absolute Gasteiger partial charge is 0.303 e. The summed E-state index contributed by atoms with van der Waals surface area (Å²) >= 11 is 1.85. The molecule has 2 rings (SSSR count). The van der Waals surface area contributed by atoms with Gasteiger partial charge in [0.1, 0.15) is 0 Å². The van der Waals surface area contributed by atoms with E-state index in [0.29, 0.717) is 5.92 Å². The van der Waals surface area contributed by atoms with Crippen LogP contribution in [0.4, 0.5) is 0 Å². The zero-order valence-electron chi connectivity index (χ0n) is 8.69. The first-order valence-corrected chi connectivity index (χ1v) is 6.11. The molecule has 0 aromatic heterocycles. The molecule has 0 spiro atoms. The van der Waals surface area contributed by atoms with Gasteiger partial charge in [0.2, 0.25) is 0 Å². The van der Waals surface area contributed by atoms with Gasteiger partial charge < -0.3 is 5.11 Å². The van der Waals surface area contributed by atoms with Crippen molar-refractivity contribution in [3.63, 3.8) is 0 Å². The molecule has 1 aromatic rings. The zero-order chi connectivity index (χ0) is 10.8. The Labute approximate surface area is 93.7 Å². The number of rotatable bonds is 3. The highest BCUT2D eigenvalue weighted by molar-refractivity contribution is 7.99. The van der Waals surface area contributed by atoms with E-state index in [1.807, 2.05) is 11.8 Å². The SMILES string of the molecule is Cc1cccc2c1C(CCC(=O)O)CS2. The molecule has 3 heteroatoms. The summed E-state index contributed by atoms with van der Waals surface area (Å²) in [6, 6.07) is 6.31. The number of fused-ring (bicyclic) bond motifs is 1. The van der Waals surface area contributed by atoms with Crippen LogP contribution in [-0.2, 0) is 4.79 Å². The van der Waals surface area contributed by atoms with E-state index in [-0.39, 0.29) is 6.42 Å². The van der Waals surface area contributed by atoms with Crippen molar-refractivity contribution in [2.45, 2.75) is 30.6 Å². The third kappa shape index (κ3) is 2.17. The van der Waals surface area contributed by atoms with Gasteiger partial charge in [-0.05, 0) is 36.5 Å². The Balaban J connectivity index is 2.17. The molecular formula is C12H14O2S. The minimum Gasteiger partial charge on any atom is -0.481 e. The van der Waals surface area contributed by atoms with Crippen LogP contribution in [0.15, 0.2) is 23.1 Å². The summed E-state index contributed by atoms with van der Waals surface area (Å²) in [5.74, 6) is 0.775. The highest BCUT2D eigenvalue weighted by atomic mass is 32.2. The molecule has 1 aliphatic heterocycles. The summed E-state index contributed by atoms with van der Waals surface area (Å²) in [5.41, 5.74) is 2.68. The Bertz CT molecular complexity index is 387. The first kappa shape index (κ1) is 10.6. The van der Waals surface area contributed by atoms with Crippen LogP contribution >= 0.6 is 11.8 Å². The fourth-order valence-corrected chi connectivity index (χ4v) is 3.47. The van der Waals surface area contributed by atoms with Crippen molar-refractivity contribution >= 4 is 17.7 Å². The molecule has 1 aliphatic rings. The standard InChI is InChI=1S/C12H14O2S/c1-8-3-2-4-10-12(8)9(7-15-10)5-6-11(13)14/h2-4,9H,5-7H2,1H3,(H,13,14). The predicted octanol–water partition coefficient (Wildman–Crippen LogP) is 3.05. The Morgan fingerprint density at radius 1 is 1.60 bits per heavy atom. The van der Waals surface area contributed by atoms with Crippen LogP contribution in [0.3, 0.4) is 0 Å². The van der Waals surface area contributed by atoms with Crippen LogP contribution in [0.5, 0.6) is 0 Å². The van der Waals surface area contributed by atoms with Crippen molar-refractivity contribution in [3.05, 3.63) is 29.3 Å². The Kier molecular flexibility index (Phi) is 3.00. The minimum absolute atomic E-state index is 0.277. The molecule has 1 aromatic carbocycles. The first-order chi connectivity index (χ1) is 7.18. The number of aryl methyl sites for hydroxylation is 1. The fourth-order valence-electron chi connectivity index (χ4n) is 2.10. The third-order valence-corrected chi connectivity index (χ3v) is 4.08. The van der Waals surface area contributed by atoms with E-state index in [1.165, 1.54) is 16.0 Å². The van der Waals surface area contributed by atoms with Crippen LogP contribution in [0, 0.1) is 6.92 Å². The second-order valence-electron chi connectivity index (χ2n) is 3.93. The molecule has 0 fully saturated rings. The molecule has 2 nitrogen and oxygen atoms in total. The van der Waals surface area contributed by atoms with E-state index in [1.54, 1.807) is 0 Å². The van der Waals surface area contributed by atoms with Crippen LogP contribution in [0.2, 0.25) is 0 Å². The van der Waals surface area contributed by atoms with Gasteiger partial charge in [-0.2, -0.15) is 0 Å². The van der Waals surface area contributed by atoms with Gasteiger partial charge >= 0.3 is 5.97 Å². The van der Waals surface area contributed by atoms with Crippen molar-refractivity contribution in [2.24, 2.45) is 0 Å². The third-order valence-electron chi connectivity index (χ3n) is 2.84. The molecule has 80 valence electrons. The van der Waals surface area contributed by atoms with Crippen LogP contribution in [0.25, 0.3) is 0 Å². The summed E-state index contributed by atoms with van der Waals surface area (Å²) < 4.78 is 0. The lowest BCUT2D eigenvalue weighted by molar-refractivity contribution is -0.137. The molecule has 0 bridgehead atoms. The summed E-state index contributed by atoms with van der Waals surface area (Å²) in [6.07, 6.45) is 1.04. The first-order valence-electron chi connectivity index (χ1n) is 5.12. The van der Waals surface area contributed by atoms with E-state index in [0.717, 1.165) is 12.2 Å². The molecule has 15 heavy (non-hydrogen) atoms. The van der Waals surface area contributed by atoms with Gasteiger partial charge in [-0.15, -0.1) is 11.8 Å². The van der Waals surface area contributed by atoms with Gasteiger partial charge in [0.25, 0.3) is 0 Å². The fraction of sp³-hybridized carbons (Fsp3) is 0.417. The normalized spacial score (nSPS) is 18.9. The number of thioether (sulfide) groups is 1. The van der Waals surface area contributed by atoms with Crippen molar-refractivity contribution in [2.75, 3.05) is 5.75 Å². The Hall–Kier alpha value is -0.960. The zero-order valence-corrected chi connectivity index (χ0v) is 9.51. The van der Waals surface area contributed by atoms with Crippen molar-refractivity contribution in [1.82, 2.24) is 0 Å². The predicted molar refractivity (Wildman–Crippen MR) is 61.5 cm³/mol. The van der Waals surface area contributed by atoms with E-state index in [9.17, 15) is 4.79 Å². The number of aliphatic carboxylic acids is 1. The monoisotopic (exact) mass is 222 g/mol. The quantitative estimate of drug-likeness (QED) is 0.854. The minimum atomic E-state index is -0.693. The maximum Gasteiger partial charge on any atom is 0.303 e. The van der Waals surface area contributed by atoms with E-state index in [2.05, 4.69) is 25.1 Å². The van der Waals surface area contributed by atoms with E-state index >= 15 is 0 Å². The van der Waals surface area contributed by atoms with Crippen molar-refractivity contribution < 1.29 is 9.90 Å². The second kappa shape index (κ2) is 4.27. The second-order valence-corrected chi connectivity index (χ2v) is 4.99.